The van der Waals surface area contributed by atoms with Gasteiger partial charge in [0.05, 0.1) is 7.11 Å². The fraction of sp³-hybridized carbons (Fsp3) is 0.385. The van der Waals surface area contributed by atoms with Crippen LogP contribution in [0.25, 0.3) is 11.4 Å². The second-order valence-electron chi connectivity index (χ2n) is 5.21. The van der Waals surface area contributed by atoms with Crippen molar-refractivity contribution in [2.75, 3.05) is 7.11 Å². The third kappa shape index (κ3) is 2.53. The van der Waals surface area contributed by atoms with Gasteiger partial charge in [-0.05, 0) is 51.2 Å². The molecular formula is C13H16FN3OS. The van der Waals surface area contributed by atoms with E-state index < -0.39 is 5.82 Å². The van der Waals surface area contributed by atoms with E-state index in [1.807, 2.05) is 25.3 Å². The first-order valence-corrected chi connectivity index (χ1v) is 6.27. The molecule has 0 radical (unpaired) electrons. The first kappa shape index (κ1) is 13.7. The third-order valence-corrected chi connectivity index (χ3v) is 3.03. The fourth-order valence-electron chi connectivity index (χ4n) is 1.92. The van der Waals surface area contributed by atoms with Gasteiger partial charge in [-0.15, -0.1) is 0 Å². The Morgan fingerprint density at radius 2 is 2.05 bits per heavy atom. The standard InChI is InChI=1S/C13H16FN3OS/c1-13(2,3)17-11(15-16-12(17)19)8-5-6-10(18-4)9(14)7-8/h5-7H,1-4H3,(H,16,19). The van der Waals surface area contributed by atoms with Crippen LogP contribution in [0.3, 0.4) is 0 Å². The lowest BCUT2D eigenvalue weighted by molar-refractivity contribution is 0.386. The Hall–Kier alpha value is -1.69. The van der Waals surface area contributed by atoms with E-state index in [-0.39, 0.29) is 11.3 Å². The molecule has 1 aromatic heterocycles. The largest absolute Gasteiger partial charge is 0.494 e. The number of hydrogen-bond acceptors (Lipinski definition) is 3. The van der Waals surface area contributed by atoms with Crippen LogP contribution >= 0.6 is 12.2 Å². The topological polar surface area (TPSA) is 42.8 Å². The van der Waals surface area contributed by atoms with Gasteiger partial charge >= 0.3 is 0 Å². The number of aromatic amines is 1. The summed E-state index contributed by atoms with van der Waals surface area (Å²) in [6.07, 6.45) is 0. The highest BCUT2D eigenvalue weighted by Gasteiger charge is 2.21. The maximum absolute atomic E-state index is 13.8. The molecule has 2 rings (SSSR count). The summed E-state index contributed by atoms with van der Waals surface area (Å²) in [6.45, 7) is 6.05. The molecule has 2 aromatic rings. The van der Waals surface area contributed by atoms with Gasteiger partial charge in [0.2, 0.25) is 0 Å². The lowest BCUT2D eigenvalue weighted by Gasteiger charge is -2.22. The van der Waals surface area contributed by atoms with Gasteiger partial charge in [-0.25, -0.2) is 4.39 Å². The predicted octanol–water partition coefficient (Wildman–Crippen LogP) is 3.51. The van der Waals surface area contributed by atoms with E-state index >= 15 is 0 Å². The summed E-state index contributed by atoms with van der Waals surface area (Å²) in [6, 6.07) is 4.73. The van der Waals surface area contributed by atoms with Crippen LogP contribution in [0.2, 0.25) is 0 Å². The lowest BCUT2D eigenvalue weighted by atomic mass is 10.1. The van der Waals surface area contributed by atoms with Crippen LogP contribution in [0.1, 0.15) is 20.8 Å². The normalized spacial score (nSPS) is 11.6. The summed E-state index contributed by atoms with van der Waals surface area (Å²) in [7, 11) is 1.43. The number of aromatic nitrogens is 3. The minimum atomic E-state index is -0.422. The average Bonchev–Trinajstić information content (AvgIpc) is 2.70. The number of halogens is 1. The highest BCUT2D eigenvalue weighted by molar-refractivity contribution is 7.71. The molecule has 0 amide bonds. The Kier molecular flexibility index (Phi) is 3.45. The Labute approximate surface area is 116 Å². The van der Waals surface area contributed by atoms with Gasteiger partial charge in [-0.3, -0.25) is 9.67 Å². The number of methoxy groups -OCH3 is 1. The number of H-pyrrole nitrogens is 1. The lowest BCUT2D eigenvalue weighted by Crippen LogP contribution is -2.23. The molecule has 0 unspecified atom stereocenters. The monoisotopic (exact) mass is 281 g/mol. The van der Waals surface area contributed by atoms with Gasteiger partial charge in [0, 0.05) is 11.1 Å². The van der Waals surface area contributed by atoms with Crippen LogP contribution in [0.5, 0.6) is 5.75 Å². The third-order valence-electron chi connectivity index (χ3n) is 2.75. The van der Waals surface area contributed by atoms with Crippen LogP contribution in [0.4, 0.5) is 4.39 Å². The minimum absolute atomic E-state index is 0.209. The summed E-state index contributed by atoms with van der Waals surface area (Å²) < 4.78 is 21.1. The Balaban J connectivity index is 2.61. The van der Waals surface area contributed by atoms with E-state index in [1.54, 1.807) is 12.1 Å². The van der Waals surface area contributed by atoms with Crippen LogP contribution < -0.4 is 4.74 Å². The second kappa shape index (κ2) is 4.77. The Bertz CT molecular complexity index is 655. The summed E-state index contributed by atoms with van der Waals surface area (Å²) in [5, 5.41) is 6.94. The van der Waals surface area contributed by atoms with E-state index in [0.29, 0.717) is 16.2 Å². The van der Waals surface area contributed by atoms with Gasteiger partial charge in [0.25, 0.3) is 0 Å². The number of ether oxygens (including phenoxy) is 1. The molecule has 102 valence electrons. The minimum Gasteiger partial charge on any atom is -0.494 e. The molecule has 1 heterocycles. The molecule has 1 N–H and O–H groups in total. The van der Waals surface area contributed by atoms with Crippen molar-refractivity contribution in [3.05, 3.63) is 28.8 Å². The molecule has 0 spiro atoms. The summed E-state index contributed by atoms with van der Waals surface area (Å²) in [4.78, 5) is 0. The highest BCUT2D eigenvalue weighted by atomic mass is 32.1. The molecular weight excluding hydrogens is 265 g/mol. The molecule has 0 aliphatic heterocycles. The zero-order chi connectivity index (χ0) is 14.2. The van der Waals surface area contributed by atoms with Gasteiger partial charge in [-0.2, -0.15) is 5.10 Å². The van der Waals surface area contributed by atoms with Crippen molar-refractivity contribution in [1.82, 2.24) is 14.8 Å². The van der Waals surface area contributed by atoms with Crippen molar-refractivity contribution in [2.24, 2.45) is 0 Å². The van der Waals surface area contributed by atoms with Gasteiger partial charge in [0.1, 0.15) is 0 Å². The van der Waals surface area contributed by atoms with Crippen molar-refractivity contribution in [3.8, 4) is 17.1 Å². The molecule has 4 nitrogen and oxygen atoms in total. The SMILES string of the molecule is COc1ccc(-c2n[nH]c(=S)n2C(C)(C)C)cc1F. The Morgan fingerprint density at radius 3 is 2.58 bits per heavy atom. The zero-order valence-electron chi connectivity index (χ0n) is 11.3. The fourth-order valence-corrected chi connectivity index (χ4v) is 2.32. The van der Waals surface area contributed by atoms with E-state index in [0.717, 1.165) is 0 Å². The maximum Gasteiger partial charge on any atom is 0.195 e. The smallest absolute Gasteiger partial charge is 0.195 e. The van der Waals surface area contributed by atoms with Gasteiger partial charge in [-0.1, -0.05) is 0 Å². The van der Waals surface area contributed by atoms with Crippen molar-refractivity contribution in [3.63, 3.8) is 0 Å². The molecule has 0 atom stereocenters. The highest BCUT2D eigenvalue weighted by Crippen LogP contribution is 2.27. The number of nitrogens with zero attached hydrogens (tertiary/aromatic N) is 2. The van der Waals surface area contributed by atoms with Gasteiger partial charge < -0.3 is 4.74 Å². The molecule has 0 saturated carbocycles. The van der Waals surface area contributed by atoms with Crippen LogP contribution in [0, 0.1) is 10.6 Å². The van der Waals surface area contributed by atoms with E-state index in [2.05, 4.69) is 10.2 Å². The number of benzene rings is 1. The predicted molar refractivity (Wildman–Crippen MR) is 74.4 cm³/mol. The number of rotatable bonds is 2. The van der Waals surface area contributed by atoms with Crippen molar-refractivity contribution >= 4 is 12.2 Å². The van der Waals surface area contributed by atoms with Crippen molar-refractivity contribution in [1.29, 1.82) is 0 Å². The average molecular weight is 281 g/mol. The molecule has 19 heavy (non-hydrogen) atoms. The molecule has 1 aromatic carbocycles. The van der Waals surface area contributed by atoms with Crippen LogP contribution in [-0.2, 0) is 5.54 Å². The summed E-state index contributed by atoms with van der Waals surface area (Å²) >= 11 is 5.23. The van der Waals surface area contributed by atoms with E-state index in [1.165, 1.54) is 13.2 Å². The van der Waals surface area contributed by atoms with E-state index in [9.17, 15) is 4.39 Å². The summed E-state index contributed by atoms with van der Waals surface area (Å²) in [5.74, 6) is 0.397. The quantitative estimate of drug-likeness (QED) is 0.857. The number of nitrogens with one attached hydrogen (secondary N) is 1. The molecule has 0 saturated heterocycles. The number of hydrogen-bond donors (Lipinski definition) is 1. The first-order valence-electron chi connectivity index (χ1n) is 5.86. The van der Waals surface area contributed by atoms with Crippen LogP contribution in [0.15, 0.2) is 18.2 Å². The molecule has 6 heteroatoms. The Morgan fingerprint density at radius 1 is 1.37 bits per heavy atom. The maximum atomic E-state index is 13.8. The summed E-state index contributed by atoms with van der Waals surface area (Å²) in [5.41, 5.74) is 0.413. The van der Waals surface area contributed by atoms with Crippen molar-refractivity contribution < 1.29 is 9.13 Å². The first-order chi connectivity index (χ1) is 8.84. The van der Waals surface area contributed by atoms with Crippen LogP contribution in [-0.4, -0.2) is 21.9 Å². The molecule has 0 bridgehead atoms. The second-order valence-corrected chi connectivity index (χ2v) is 5.59. The van der Waals surface area contributed by atoms with Crippen molar-refractivity contribution in [2.45, 2.75) is 26.3 Å². The van der Waals surface area contributed by atoms with Gasteiger partial charge in [0.15, 0.2) is 22.2 Å². The van der Waals surface area contributed by atoms with E-state index in [4.69, 9.17) is 17.0 Å². The molecule has 0 aliphatic carbocycles. The molecule has 0 aliphatic rings. The zero-order valence-corrected chi connectivity index (χ0v) is 12.1. The molecule has 0 fully saturated rings.